The Kier molecular flexibility index (Phi) is 8.85. The van der Waals surface area contributed by atoms with Gasteiger partial charge in [-0.2, -0.15) is 0 Å². The monoisotopic (exact) mass is 415 g/mol. The first kappa shape index (κ1) is 22.0. The zero-order chi connectivity index (χ0) is 19.7. The number of hydrogen-bond donors (Lipinski definition) is 2. The van der Waals surface area contributed by atoms with Crippen LogP contribution < -0.4 is 15.5 Å². The summed E-state index contributed by atoms with van der Waals surface area (Å²) in [4.78, 5) is 6.91. The van der Waals surface area contributed by atoms with Crippen molar-refractivity contribution in [2.45, 2.75) is 39.7 Å². The van der Waals surface area contributed by atoms with Gasteiger partial charge in [0.2, 0.25) is 10.0 Å². The molecule has 0 atom stereocenters. The summed E-state index contributed by atoms with van der Waals surface area (Å²) < 4.78 is 26.1. The van der Waals surface area contributed by atoms with Gasteiger partial charge in [0.25, 0.3) is 0 Å². The molecule has 0 bridgehead atoms. The van der Waals surface area contributed by atoms with Crippen LogP contribution >= 0.6 is 11.3 Å². The van der Waals surface area contributed by atoms with Crippen LogP contribution in [-0.2, 0) is 10.0 Å². The molecule has 1 aliphatic rings. The largest absolute Gasteiger partial charge is 0.363 e. The highest BCUT2D eigenvalue weighted by molar-refractivity contribution is 7.89. The van der Waals surface area contributed by atoms with Gasteiger partial charge >= 0.3 is 0 Å². The highest BCUT2D eigenvalue weighted by atomic mass is 32.2. The number of rotatable bonds is 9. The van der Waals surface area contributed by atoms with E-state index < -0.39 is 10.0 Å². The minimum Gasteiger partial charge on any atom is -0.363 e. The van der Waals surface area contributed by atoms with Gasteiger partial charge in [-0.05, 0) is 37.3 Å². The summed E-state index contributed by atoms with van der Waals surface area (Å²) in [5, 5.41) is 10.1. The second-order valence-electron chi connectivity index (χ2n) is 6.52. The van der Waals surface area contributed by atoms with Crippen molar-refractivity contribution in [2.75, 3.05) is 49.9 Å². The lowest BCUT2D eigenvalue weighted by molar-refractivity contribution is 0.445. The van der Waals surface area contributed by atoms with Crippen LogP contribution in [0.15, 0.2) is 22.5 Å². The summed E-state index contributed by atoms with van der Waals surface area (Å²) in [6.07, 6.45) is 2.08. The number of anilines is 1. The molecule has 2 heterocycles. The molecule has 0 spiro atoms. The number of aliphatic imine (C=N–C) groups is 1. The van der Waals surface area contributed by atoms with E-state index in [0.29, 0.717) is 25.1 Å². The van der Waals surface area contributed by atoms with Gasteiger partial charge in [-0.25, -0.2) is 12.7 Å². The fourth-order valence-corrected chi connectivity index (χ4v) is 5.38. The lowest BCUT2D eigenvalue weighted by Crippen LogP contribution is -2.48. The minimum absolute atomic E-state index is 0.0437. The van der Waals surface area contributed by atoms with Gasteiger partial charge in [-0.3, -0.25) is 4.99 Å². The molecular formula is C18H33N5O2S2. The Morgan fingerprint density at radius 1 is 1.30 bits per heavy atom. The van der Waals surface area contributed by atoms with E-state index in [1.807, 2.05) is 20.8 Å². The van der Waals surface area contributed by atoms with Crippen molar-refractivity contribution in [1.82, 2.24) is 14.9 Å². The fraction of sp³-hybridized carbons (Fsp3) is 0.722. The lowest BCUT2D eigenvalue weighted by atomic mass is 10.1. The second-order valence-corrected chi connectivity index (χ2v) is 9.53. The normalized spacial score (nSPS) is 16.7. The van der Waals surface area contributed by atoms with Crippen molar-refractivity contribution < 1.29 is 8.42 Å². The highest BCUT2D eigenvalue weighted by Gasteiger charge is 2.21. The molecule has 9 heteroatoms. The summed E-state index contributed by atoms with van der Waals surface area (Å²) in [7, 11) is -3.23. The van der Waals surface area contributed by atoms with E-state index in [4.69, 9.17) is 0 Å². The van der Waals surface area contributed by atoms with E-state index in [-0.39, 0.29) is 12.3 Å². The van der Waals surface area contributed by atoms with Gasteiger partial charge in [0.05, 0.1) is 17.3 Å². The van der Waals surface area contributed by atoms with Gasteiger partial charge < -0.3 is 15.5 Å². The molecule has 154 valence electrons. The predicted octanol–water partition coefficient (Wildman–Crippen LogP) is 1.94. The molecular weight excluding hydrogens is 382 g/mol. The summed E-state index contributed by atoms with van der Waals surface area (Å²) in [5.41, 5.74) is 0. The smallest absolute Gasteiger partial charge is 0.215 e. The van der Waals surface area contributed by atoms with Crippen LogP contribution in [0.25, 0.3) is 0 Å². The maximum atomic E-state index is 12.3. The summed E-state index contributed by atoms with van der Waals surface area (Å²) in [5.74, 6) is 0.754. The maximum absolute atomic E-state index is 12.3. The first-order valence-corrected chi connectivity index (χ1v) is 12.3. The van der Waals surface area contributed by atoms with E-state index in [2.05, 4.69) is 38.0 Å². The molecule has 0 amide bonds. The van der Waals surface area contributed by atoms with Crippen LogP contribution in [0.4, 0.5) is 5.00 Å². The van der Waals surface area contributed by atoms with Crippen LogP contribution in [0.5, 0.6) is 0 Å². The zero-order valence-corrected chi connectivity index (χ0v) is 18.3. The van der Waals surface area contributed by atoms with Gasteiger partial charge in [0, 0.05) is 38.8 Å². The summed E-state index contributed by atoms with van der Waals surface area (Å²) in [6, 6.07) is 4.62. The Bertz CT molecular complexity index is 664. The van der Waals surface area contributed by atoms with Crippen molar-refractivity contribution >= 4 is 32.3 Å². The SMILES string of the molecule is CCNC(=NCCS(=O)(=O)N(CC)CC)NC1CCN(c2cccs2)CC1. The first-order chi connectivity index (χ1) is 13.0. The Morgan fingerprint density at radius 3 is 2.56 bits per heavy atom. The number of piperidine rings is 1. The molecule has 0 radical (unpaired) electrons. The Hall–Kier alpha value is -1.32. The van der Waals surface area contributed by atoms with Gasteiger partial charge in [-0.15, -0.1) is 11.3 Å². The summed E-state index contributed by atoms with van der Waals surface area (Å²) >= 11 is 1.78. The van der Waals surface area contributed by atoms with Gasteiger partial charge in [0.15, 0.2) is 5.96 Å². The number of nitrogens with one attached hydrogen (secondary N) is 2. The third-order valence-electron chi connectivity index (χ3n) is 4.72. The molecule has 1 aromatic heterocycles. The van der Waals surface area contributed by atoms with Crippen molar-refractivity contribution in [3.05, 3.63) is 17.5 Å². The van der Waals surface area contributed by atoms with Crippen LogP contribution in [0.1, 0.15) is 33.6 Å². The molecule has 2 rings (SSSR count). The fourth-order valence-electron chi connectivity index (χ4n) is 3.23. The molecule has 27 heavy (non-hydrogen) atoms. The average molecular weight is 416 g/mol. The van der Waals surface area contributed by atoms with Crippen LogP contribution in [-0.4, -0.2) is 69.7 Å². The van der Waals surface area contributed by atoms with Crippen molar-refractivity contribution in [1.29, 1.82) is 0 Å². The van der Waals surface area contributed by atoms with Crippen molar-refractivity contribution in [3.8, 4) is 0 Å². The number of hydrogen-bond acceptors (Lipinski definition) is 5. The molecule has 1 aromatic rings. The zero-order valence-electron chi connectivity index (χ0n) is 16.6. The Morgan fingerprint density at radius 2 is 2.00 bits per heavy atom. The number of nitrogens with zero attached hydrogens (tertiary/aromatic N) is 3. The minimum atomic E-state index is -3.23. The van der Waals surface area contributed by atoms with E-state index in [0.717, 1.165) is 32.5 Å². The maximum Gasteiger partial charge on any atom is 0.215 e. The van der Waals surface area contributed by atoms with E-state index in [9.17, 15) is 8.42 Å². The second kappa shape index (κ2) is 10.9. The molecule has 7 nitrogen and oxygen atoms in total. The van der Waals surface area contributed by atoms with E-state index in [1.165, 1.54) is 9.31 Å². The van der Waals surface area contributed by atoms with Gasteiger partial charge in [-0.1, -0.05) is 13.8 Å². The Labute approximate surface area is 167 Å². The Balaban J connectivity index is 1.85. The van der Waals surface area contributed by atoms with Crippen LogP contribution in [0.2, 0.25) is 0 Å². The van der Waals surface area contributed by atoms with E-state index >= 15 is 0 Å². The molecule has 0 aromatic carbocycles. The molecule has 1 aliphatic heterocycles. The predicted molar refractivity (Wildman–Crippen MR) is 115 cm³/mol. The van der Waals surface area contributed by atoms with Crippen molar-refractivity contribution in [3.63, 3.8) is 0 Å². The van der Waals surface area contributed by atoms with Crippen molar-refractivity contribution in [2.24, 2.45) is 4.99 Å². The third-order valence-corrected chi connectivity index (χ3v) is 7.65. The number of sulfonamides is 1. The first-order valence-electron chi connectivity index (χ1n) is 9.81. The molecule has 0 unspecified atom stereocenters. The average Bonchev–Trinajstić information content (AvgIpc) is 3.18. The molecule has 0 aliphatic carbocycles. The third kappa shape index (κ3) is 6.65. The highest BCUT2D eigenvalue weighted by Crippen LogP contribution is 2.24. The van der Waals surface area contributed by atoms with E-state index in [1.54, 1.807) is 11.3 Å². The molecule has 0 saturated carbocycles. The van der Waals surface area contributed by atoms with Crippen LogP contribution in [0, 0.1) is 0 Å². The molecule has 1 fully saturated rings. The summed E-state index contributed by atoms with van der Waals surface area (Å²) in [6.45, 7) is 9.81. The number of guanidine groups is 1. The molecule has 2 N–H and O–H groups in total. The standard InChI is InChI=1S/C18H33N5O2S2/c1-4-19-18(20-11-15-27(24,25)23(5-2)6-3)21-16-9-12-22(13-10-16)17-8-7-14-26-17/h7-8,14,16H,4-6,9-13,15H2,1-3H3,(H2,19,20,21). The topological polar surface area (TPSA) is 77.0 Å². The lowest BCUT2D eigenvalue weighted by Gasteiger charge is -2.33. The van der Waals surface area contributed by atoms with Gasteiger partial charge in [0.1, 0.15) is 0 Å². The van der Waals surface area contributed by atoms with Crippen LogP contribution in [0.3, 0.4) is 0 Å². The quantitative estimate of drug-likeness (QED) is 0.476. The number of thiophene rings is 1. The molecule has 1 saturated heterocycles.